The molecule has 0 aromatic heterocycles. The van der Waals surface area contributed by atoms with E-state index in [0.29, 0.717) is 11.4 Å². The predicted octanol–water partition coefficient (Wildman–Crippen LogP) is 1.99. The number of nitrogens with two attached hydrogens (primary N) is 1. The fraction of sp³-hybridized carbons (Fsp3) is 0.417. The first-order chi connectivity index (χ1) is 7.49. The van der Waals surface area contributed by atoms with Gasteiger partial charge in [0.1, 0.15) is 5.75 Å². The zero-order valence-corrected chi connectivity index (χ0v) is 9.77. The lowest BCUT2D eigenvalue weighted by Gasteiger charge is -2.15. The number of carbonyl (C=O) groups is 1. The first kappa shape index (κ1) is 12.4. The summed E-state index contributed by atoms with van der Waals surface area (Å²) in [6.45, 7) is 5.24. The van der Waals surface area contributed by atoms with Crippen LogP contribution in [0.1, 0.15) is 20.8 Å². The summed E-state index contributed by atoms with van der Waals surface area (Å²) < 4.78 is 10.4. The van der Waals surface area contributed by atoms with Gasteiger partial charge < -0.3 is 15.2 Å². The molecule has 0 unspecified atom stereocenters. The second-order valence-corrected chi connectivity index (χ2v) is 3.82. The number of ether oxygens (including phenoxy) is 2. The predicted molar refractivity (Wildman–Crippen MR) is 62.2 cm³/mol. The summed E-state index contributed by atoms with van der Waals surface area (Å²) in [6, 6.07) is 6.93. The Balaban J connectivity index is 2.57. The minimum atomic E-state index is -0.635. The Morgan fingerprint density at radius 1 is 1.31 bits per heavy atom. The highest BCUT2D eigenvalue weighted by molar-refractivity contribution is 5.74. The zero-order chi connectivity index (χ0) is 12.1. The summed E-state index contributed by atoms with van der Waals surface area (Å²) in [7, 11) is 0. The van der Waals surface area contributed by atoms with Gasteiger partial charge in [0.25, 0.3) is 0 Å². The second kappa shape index (κ2) is 5.39. The van der Waals surface area contributed by atoms with Gasteiger partial charge >= 0.3 is 5.97 Å². The monoisotopic (exact) mass is 223 g/mol. The van der Waals surface area contributed by atoms with Crippen LogP contribution in [0.5, 0.6) is 5.75 Å². The van der Waals surface area contributed by atoms with Crippen molar-refractivity contribution in [2.45, 2.75) is 33.0 Å². The average molecular weight is 223 g/mol. The molecule has 2 N–H and O–H groups in total. The lowest BCUT2D eigenvalue weighted by Crippen LogP contribution is -2.28. The van der Waals surface area contributed by atoms with Gasteiger partial charge in [-0.2, -0.15) is 0 Å². The van der Waals surface area contributed by atoms with Crippen molar-refractivity contribution in [2.75, 3.05) is 5.73 Å². The Labute approximate surface area is 95.3 Å². The van der Waals surface area contributed by atoms with Crippen molar-refractivity contribution in [1.29, 1.82) is 0 Å². The van der Waals surface area contributed by atoms with E-state index < -0.39 is 6.10 Å². The van der Waals surface area contributed by atoms with Crippen LogP contribution in [0, 0.1) is 0 Å². The van der Waals surface area contributed by atoms with Crippen LogP contribution in [-0.2, 0) is 9.53 Å². The van der Waals surface area contributed by atoms with Crippen LogP contribution in [0.2, 0.25) is 0 Å². The highest BCUT2D eigenvalue weighted by Gasteiger charge is 2.17. The molecule has 0 radical (unpaired) electrons. The first-order valence-corrected chi connectivity index (χ1v) is 5.21. The van der Waals surface area contributed by atoms with Crippen LogP contribution < -0.4 is 10.5 Å². The van der Waals surface area contributed by atoms with Gasteiger partial charge in [0.2, 0.25) is 0 Å². The Kier molecular flexibility index (Phi) is 4.17. The molecule has 1 aromatic rings. The van der Waals surface area contributed by atoms with E-state index in [1.807, 2.05) is 0 Å². The molecular formula is C12H17NO3. The van der Waals surface area contributed by atoms with Crippen LogP contribution in [0.25, 0.3) is 0 Å². The van der Waals surface area contributed by atoms with Crippen LogP contribution in [-0.4, -0.2) is 18.2 Å². The molecule has 0 aliphatic rings. The van der Waals surface area contributed by atoms with E-state index in [2.05, 4.69) is 0 Å². The van der Waals surface area contributed by atoms with Crippen molar-refractivity contribution in [3.8, 4) is 5.75 Å². The van der Waals surface area contributed by atoms with Crippen molar-refractivity contribution in [1.82, 2.24) is 0 Å². The van der Waals surface area contributed by atoms with Gasteiger partial charge in [-0.1, -0.05) is 6.07 Å². The third-order valence-corrected chi connectivity index (χ3v) is 1.85. The molecule has 0 spiro atoms. The van der Waals surface area contributed by atoms with Crippen molar-refractivity contribution < 1.29 is 14.3 Å². The third-order valence-electron chi connectivity index (χ3n) is 1.85. The normalized spacial score (nSPS) is 12.2. The Hall–Kier alpha value is -1.71. The largest absolute Gasteiger partial charge is 0.479 e. The van der Waals surface area contributed by atoms with Crippen LogP contribution in [0.3, 0.4) is 0 Å². The van der Waals surface area contributed by atoms with E-state index in [-0.39, 0.29) is 12.1 Å². The highest BCUT2D eigenvalue weighted by atomic mass is 16.6. The molecule has 0 heterocycles. The molecule has 4 heteroatoms. The lowest BCUT2D eigenvalue weighted by molar-refractivity contribution is -0.154. The summed E-state index contributed by atoms with van der Waals surface area (Å²) in [5.41, 5.74) is 6.19. The molecule has 0 bridgehead atoms. The number of nitrogen functional groups attached to an aromatic ring is 1. The minimum Gasteiger partial charge on any atom is -0.479 e. The quantitative estimate of drug-likeness (QED) is 0.626. The molecule has 4 nitrogen and oxygen atoms in total. The standard InChI is InChI=1S/C12H17NO3/c1-8(2)15-12(14)9(3)16-11-6-4-5-10(13)7-11/h4-9H,13H2,1-3H3/t9-/m0/s1. The summed E-state index contributed by atoms with van der Waals surface area (Å²) in [6.07, 6.45) is -0.774. The van der Waals surface area contributed by atoms with Crippen molar-refractivity contribution in [3.05, 3.63) is 24.3 Å². The van der Waals surface area contributed by atoms with Crippen LogP contribution >= 0.6 is 0 Å². The Morgan fingerprint density at radius 3 is 2.56 bits per heavy atom. The van der Waals surface area contributed by atoms with Crippen molar-refractivity contribution >= 4 is 11.7 Å². The number of hydrogen-bond acceptors (Lipinski definition) is 4. The highest BCUT2D eigenvalue weighted by Crippen LogP contribution is 2.16. The number of anilines is 1. The fourth-order valence-electron chi connectivity index (χ4n) is 1.17. The SMILES string of the molecule is CC(C)OC(=O)[C@H](C)Oc1cccc(N)c1. The van der Waals surface area contributed by atoms with Gasteiger partial charge in [0.15, 0.2) is 6.10 Å². The van der Waals surface area contributed by atoms with Gasteiger partial charge in [0.05, 0.1) is 6.10 Å². The van der Waals surface area contributed by atoms with E-state index in [9.17, 15) is 4.79 Å². The lowest BCUT2D eigenvalue weighted by atomic mass is 10.3. The van der Waals surface area contributed by atoms with Crippen LogP contribution in [0.4, 0.5) is 5.69 Å². The zero-order valence-electron chi connectivity index (χ0n) is 9.77. The molecule has 0 amide bonds. The summed E-state index contributed by atoms with van der Waals surface area (Å²) in [5.74, 6) is 0.186. The van der Waals surface area contributed by atoms with E-state index in [4.69, 9.17) is 15.2 Å². The Morgan fingerprint density at radius 2 is 2.00 bits per heavy atom. The molecule has 0 fully saturated rings. The maximum absolute atomic E-state index is 11.5. The maximum Gasteiger partial charge on any atom is 0.347 e. The first-order valence-electron chi connectivity index (χ1n) is 5.21. The molecule has 0 aliphatic carbocycles. The number of rotatable bonds is 4. The summed E-state index contributed by atoms with van der Waals surface area (Å²) >= 11 is 0. The molecule has 0 saturated carbocycles. The molecule has 1 rings (SSSR count). The number of hydrogen-bond donors (Lipinski definition) is 1. The molecule has 1 aromatic carbocycles. The molecule has 0 aliphatic heterocycles. The van der Waals surface area contributed by atoms with Crippen molar-refractivity contribution in [3.63, 3.8) is 0 Å². The number of benzene rings is 1. The van der Waals surface area contributed by atoms with Gasteiger partial charge in [-0.15, -0.1) is 0 Å². The number of esters is 1. The second-order valence-electron chi connectivity index (χ2n) is 3.82. The van der Waals surface area contributed by atoms with Gasteiger partial charge in [-0.25, -0.2) is 4.79 Å². The summed E-state index contributed by atoms with van der Waals surface area (Å²) in [5, 5.41) is 0. The van der Waals surface area contributed by atoms with Gasteiger partial charge in [-0.05, 0) is 32.9 Å². The van der Waals surface area contributed by atoms with Crippen LogP contribution in [0.15, 0.2) is 24.3 Å². The minimum absolute atomic E-state index is 0.139. The topological polar surface area (TPSA) is 61.5 Å². The molecule has 1 atom stereocenters. The smallest absolute Gasteiger partial charge is 0.347 e. The Bertz CT molecular complexity index is 363. The summed E-state index contributed by atoms with van der Waals surface area (Å²) in [4.78, 5) is 11.5. The average Bonchev–Trinajstić information content (AvgIpc) is 2.16. The maximum atomic E-state index is 11.5. The molecule has 0 saturated heterocycles. The van der Waals surface area contributed by atoms with E-state index in [0.717, 1.165) is 0 Å². The third kappa shape index (κ3) is 3.81. The van der Waals surface area contributed by atoms with E-state index in [1.165, 1.54) is 0 Å². The van der Waals surface area contributed by atoms with Crippen molar-refractivity contribution in [2.24, 2.45) is 0 Å². The molecule has 88 valence electrons. The molecular weight excluding hydrogens is 206 g/mol. The fourth-order valence-corrected chi connectivity index (χ4v) is 1.17. The van der Waals surface area contributed by atoms with Gasteiger partial charge in [0, 0.05) is 11.8 Å². The number of carbonyl (C=O) groups excluding carboxylic acids is 1. The van der Waals surface area contributed by atoms with E-state index in [1.54, 1.807) is 45.0 Å². The van der Waals surface area contributed by atoms with Gasteiger partial charge in [-0.3, -0.25) is 0 Å². The van der Waals surface area contributed by atoms with E-state index >= 15 is 0 Å². The molecule has 16 heavy (non-hydrogen) atoms.